The van der Waals surface area contributed by atoms with Crippen molar-refractivity contribution in [2.75, 3.05) is 13.1 Å². The van der Waals surface area contributed by atoms with Crippen molar-refractivity contribution in [2.24, 2.45) is 5.92 Å². The molecule has 2 atom stereocenters. The van der Waals surface area contributed by atoms with Crippen molar-refractivity contribution in [2.45, 2.75) is 52.2 Å². The summed E-state index contributed by atoms with van der Waals surface area (Å²) < 4.78 is 13.0. The highest BCUT2D eigenvalue weighted by molar-refractivity contribution is 5.16. The second kappa shape index (κ2) is 7.19. The molecular formula is C17H27FN2. The SMILES string of the molecule is CCC[C@H]1CN(Cc2ccc(F)cc2)[C@@H](C(C)C)CN1. The maximum Gasteiger partial charge on any atom is 0.123 e. The van der Waals surface area contributed by atoms with Gasteiger partial charge in [0.25, 0.3) is 0 Å². The fourth-order valence-corrected chi connectivity index (χ4v) is 3.10. The molecule has 112 valence electrons. The zero-order chi connectivity index (χ0) is 14.5. The summed E-state index contributed by atoms with van der Waals surface area (Å²) >= 11 is 0. The highest BCUT2D eigenvalue weighted by atomic mass is 19.1. The molecule has 2 rings (SSSR count). The van der Waals surface area contributed by atoms with Crippen LogP contribution >= 0.6 is 0 Å². The van der Waals surface area contributed by atoms with Gasteiger partial charge in [-0.25, -0.2) is 4.39 Å². The van der Waals surface area contributed by atoms with Gasteiger partial charge in [-0.1, -0.05) is 39.3 Å². The van der Waals surface area contributed by atoms with E-state index in [0.717, 1.165) is 19.6 Å². The minimum absolute atomic E-state index is 0.154. The lowest BCUT2D eigenvalue weighted by atomic mass is 9.96. The number of nitrogens with zero attached hydrogens (tertiary/aromatic N) is 1. The fourth-order valence-electron chi connectivity index (χ4n) is 3.10. The van der Waals surface area contributed by atoms with Gasteiger partial charge in [-0.2, -0.15) is 0 Å². The Morgan fingerprint density at radius 3 is 2.60 bits per heavy atom. The summed E-state index contributed by atoms with van der Waals surface area (Å²) in [5, 5.41) is 3.67. The van der Waals surface area contributed by atoms with Crippen LogP contribution in [0.4, 0.5) is 4.39 Å². The summed E-state index contributed by atoms with van der Waals surface area (Å²) in [5.41, 5.74) is 1.20. The zero-order valence-corrected chi connectivity index (χ0v) is 12.9. The van der Waals surface area contributed by atoms with E-state index in [0.29, 0.717) is 18.0 Å². The molecule has 0 amide bonds. The average Bonchev–Trinajstić information content (AvgIpc) is 2.42. The van der Waals surface area contributed by atoms with Crippen LogP contribution in [-0.4, -0.2) is 30.1 Å². The fraction of sp³-hybridized carbons (Fsp3) is 0.647. The Morgan fingerprint density at radius 1 is 1.30 bits per heavy atom. The topological polar surface area (TPSA) is 15.3 Å². The normalized spacial score (nSPS) is 24.2. The van der Waals surface area contributed by atoms with Crippen LogP contribution < -0.4 is 5.32 Å². The molecule has 0 saturated carbocycles. The first-order valence-corrected chi connectivity index (χ1v) is 7.82. The summed E-state index contributed by atoms with van der Waals surface area (Å²) in [6.45, 7) is 9.87. The number of nitrogens with one attached hydrogen (secondary N) is 1. The Bertz CT molecular complexity index is 402. The molecule has 0 aliphatic carbocycles. The van der Waals surface area contributed by atoms with Crippen LogP contribution in [0.5, 0.6) is 0 Å². The van der Waals surface area contributed by atoms with E-state index in [1.54, 1.807) is 12.1 Å². The van der Waals surface area contributed by atoms with Crippen molar-refractivity contribution < 1.29 is 4.39 Å². The molecule has 20 heavy (non-hydrogen) atoms. The summed E-state index contributed by atoms with van der Waals surface area (Å²) in [5.74, 6) is 0.476. The van der Waals surface area contributed by atoms with E-state index in [9.17, 15) is 4.39 Å². The molecular weight excluding hydrogens is 251 g/mol. The van der Waals surface area contributed by atoms with Crippen LogP contribution in [0, 0.1) is 11.7 Å². The van der Waals surface area contributed by atoms with Crippen LogP contribution in [0.3, 0.4) is 0 Å². The molecule has 1 heterocycles. The average molecular weight is 278 g/mol. The molecule has 3 heteroatoms. The highest BCUT2D eigenvalue weighted by Gasteiger charge is 2.29. The molecule has 1 saturated heterocycles. The first kappa shape index (κ1) is 15.5. The second-order valence-corrected chi connectivity index (χ2v) is 6.26. The van der Waals surface area contributed by atoms with Crippen molar-refractivity contribution in [3.05, 3.63) is 35.6 Å². The first-order chi connectivity index (χ1) is 9.60. The molecule has 1 aromatic carbocycles. The maximum absolute atomic E-state index is 13.0. The third-order valence-electron chi connectivity index (χ3n) is 4.25. The standard InChI is InChI=1S/C17H27FN2/c1-4-5-16-12-20(17(10-19-16)13(2)3)11-14-6-8-15(18)9-7-14/h6-9,13,16-17,19H,4-5,10-12H2,1-3H3/t16-,17+/m0/s1. The first-order valence-electron chi connectivity index (χ1n) is 7.82. The van der Waals surface area contributed by atoms with Gasteiger partial charge in [0.2, 0.25) is 0 Å². The summed E-state index contributed by atoms with van der Waals surface area (Å²) in [7, 11) is 0. The molecule has 0 spiro atoms. The third kappa shape index (κ3) is 4.03. The minimum atomic E-state index is -0.154. The summed E-state index contributed by atoms with van der Waals surface area (Å²) in [6, 6.07) is 8.09. The van der Waals surface area contributed by atoms with Crippen LogP contribution in [0.15, 0.2) is 24.3 Å². The molecule has 0 unspecified atom stereocenters. The van der Waals surface area contributed by atoms with Gasteiger partial charge in [-0.05, 0) is 30.0 Å². The van der Waals surface area contributed by atoms with E-state index in [-0.39, 0.29) is 5.82 Å². The van der Waals surface area contributed by atoms with Gasteiger partial charge in [0.05, 0.1) is 0 Å². The van der Waals surface area contributed by atoms with E-state index in [2.05, 4.69) is 31.0 Å². The molecule has 0 radical (unpaired) electrons. The van der Waals surface area contributed by atoms with Crippen molar-refractivity contribution in [1.82, 2.24) is 10.2 Å². The van der Waals surface area contributed by atoms with Crippen LogP contribution in [0.25, 0.3) is 0 Å². The van der Waals surface area contributed by atoms with E-state index in [4.69, 9.17) is 0 Å². The monoisotopic (exact) mass is 278 g/mol. The Balaban J connectivity index is 2.04. The zero-order valence-electron chi connectivity index (χ0n) is 12.9. The maximum atomic E-state index is 13.0. The lowest BCUT2D eigenvalue weighted by molar-refractivity contribution is 0.0885. The van der Waals surface area contributed by atoms with Crippen LogP contribution in [0.1, 0.15) is 39.2 Å². The van der Waals surface area contributed by atoms with Gasteiger partial charge in [0.15, 0.2) is 0 Å². The van der Waals surface area contributed by atoms with Crippen molar-refractivity contribution in [1.29, 1.82) is 0 Å². The van der Waals surface area contributed by atoms with Gasteiger partial charge < -0.3 is 5.32 Å². The molecule has 1 fully saturated rings. The Hall–Kier alpha value is -0.930. The number of halogens is 1. The van der Waals surface area contributed by atoms with E-state index < -0.39 is 0 Å². The Kier molecular flexibility index (Phi) is 5.55. The number of rotatable bonds is 5. The van der Waals surface area contributed by atoms with Gasteiger partial charge >= 0.3 is 0 Å². The summed E-state index contributed by atoms with van der Waals surface area (Å²) in [4.78, 5) is 2.56. The lowest BCUT2D eigenvalue weighted by Crippen LogP contribution is -2.57. The largest absolute Gasteiger partial charge is 0.311 e. The van der Waals surface area contributed by atoms with Gasteiger partial charge in [0.1, 0.15) is 5.82 Å². The molecule has 0 bridgehead atoms. The minimum Gasteiger partial charge on any atom is -0.311 e. The van der Waals surface area contributed by atoms with E-state index in [1.807, 2.05) is 12.1 Å². The van der Waals surface area contributed by atoms with Crippen molar-refractivity contribution in [3.8, 4) is 0 Å². The predicted molar refractivity (Wildman–Crippen MR) is 82.1 cm³/mol. The molecule has 1 N–H and O–H groups in total. The number of hydrogen-bond acceptors (Lipinski definition) is 2. The molecule has 2 nitrogen and oxygen atoms in total. The number of piperazine rings is 1. The Labute approximate surface area is 122 Å². The lowest BCUT2D eigenvalue weighted by Gasteiger charge is -2.42. The second-order valence-electron chi connectivity index (χ2n) is 6.26. The molecule has 0 aromatic heterocycles. The highest BCUT2D eigenvalue weighted by Crippen LogP contribution is 2.20. The van der Waals surface area contributed by atoms with Crippen LogP contribution in [-0.2, 0) is 6.54 Å². The molecule has 1 aliphatic heterocycles. The summed E-state index contributed by atoms with van der Waals surface area (Å²) in [6.07, 6.45) is 2.44. The van der Waals surface area contributed by atoms with Crippen molar-refractivity contribution >= 4 is 0 Å². The Morgan fingerprint density at radius 2 is 2.00 bits per heavy atom. The van der Waals surface area contributed by atoms with Crippen molar-refractivity contribution in [3.63, 3.8) is 0 Å². The third-order valence-corrected chi connectivity index (χ3v) is 4.25. The number of hydrogen-bond donors (Lipinski definition) is 1. The smallest absolute Gasteiger partial charge is 0.123 e. The number of benzene rings is 1. The molecule has 1 aliphatic rings. The van der Waals surface area contributed by atoms with Gasteiger partial charge in [0, 0.05) is 31.7 Å². The van der Waals surface area contributed by atoms with Crippen LogP contribution in [0.2, 0.25) is 0 Å². The van der Waals surface area contributed by atoms with E-state index in [1.165, 1.54) is 18.4 Å². The quantitative estimate of drug-likeness (QED) is 0.888. The van der Waals surface area contributed by atoms with E-state index >= 15 is 0 Å². The van der Waals surface area contributed by atoms with Gasteiger partial charge in [-0.3, -0.25) is 4.90 Å². The van der Waals surface area contributed by atoms with Gasteiger partial charge in [-0.15, -0.1) is 0 Å². The predicted octanol–water partition coefficient (Wildman–Crippen LogP) is 3.42. The molecule has 1 aromatic rings.